The van der Waals surface area contributed by atoms with Crippen LogP contribution in [0.25, 0.3) is 0 Å². The maximum Gasteiger partial charge on any atom is 0.488 e. The van der Waals surface area contributed by atoms with Crippen molar-refractivity contribution in [2.75, 3.05) is 5.75 Å². The van der Waals surface area contributed by atoms with Crippen molar-refractivity contribution in [1.82, 2.24) is 0 Å². The predicted octanol–water partition coefficient (Wildman–Crippen LogP) is -0.116. The Hall–Kier alpha value is -0.645. The van der Waals surface area contributed by atoms with Crippen LogP contribution in [0, 0.1) is 5.92 Å². The third-order valence-electron chi connectivity index (χ3n) is 2.53. The predicted molar refractivity (Wildman–Crippen MR) is 60.3 cm³/mol. The summed E-state index contributed by atoms with van der Waals surface area (Å²) in [6, 6.07) is 6.61. The molecule has 5 heteroatoms. The number of hydrogen-bond acceptors (Lipinski definition) is 3. The Morgan fingerprint density at radius 3 is 2.33 bits per heavy atom. The number of benzene rings is 1. The van der Waals surface area contributed by atoms with Crippen LogP contribution in [0.3, 0.4) is 0 Å². The summed E-state index contributed by atoms with van der Waals surface area (Å²) in [6.45, 7) is 0. The molecule has 0 radical (unpaired) electrons. The molecule has 0 spiro atoms. The minimum atomic E-state index is -1.45. The van der Waals surface area contributed by atoms with Crippen LogP contribution in [-0.2, 0) is 10.8 Å². The van der Waals surface area contributed by atoms with Crippen LogP contribution in [0.5, 0.6) is 0 Å². The van der Waals surface area contributed by atoms with Gasteiger partial charge >= 0.3 is 7.12 Å². The molecule has 0 bridgehead atoms. The lowest BCUT2D eigenvalue weighted by atomic mass is 9.81. The molecule has 0 saturated heterocycles. The fourth-order valence-corrected chi connectivity index (χ4v) is 2.78. The summed E-state index contributed by atoms with van der Waals surface area (Å²) >= 11 is 0. The minimum absolute atomic E-state index is 0.433. The topological polar surface area (TPSA) is 57.5 Å². The van der Waals surface area contributed by atoms with Crippen molar-refractivity contribution in [2.24, 2.45) is 5.92 Å². The van der Waals surface area contributed by atoms with Crippen LogP contribution in [0.4, 0.5) is 0 Å². The first kappa shape index (κ1) is 10.9. The van der Waals surface area contributed by atoms with Gasteiger partial charge in [0.2, 0.25) is 0 Å². The molecule has 0 aliphatic heterocycles. The Balaban J connectivity index is 2.04. The second-order valence-corrected chi connectivity index (χ2v) is 5.39. The second-order valence-electron chi connectivity index (χ2n) is 3.90. The fourth-order valence-electron chi connectivity index (χ4n) is 1.39. The Labute approximate surface area is 91.7 Å². The molecule has 1 saturated carbocycles. The summed E-state index contributed by atoms with van der Waals surface area (Å²) in [4.78, 5) is 0.770. The van der Waals surface area contributed by atoms with Gasteiger partial charge in [-0.05, 0) is 36.4 Å². The average molecular weight is 224 g/mol. The normalized spacial score (nSPS) is 17.5. The highest BCUT2D eigenvalue weighted by atomic mass is 32.2. The maximum atomic E-state index is 11.8. The van der Waals surface area contributed by atoms with E-state index in [0.717, 1.165) is 10.6 Å². The third kappa shape index (κ3) is 2.90. The van der Waals surface area contributed by atoms with Gasteiger partial charge in [-0.15, -0.1) is 0 Å². The molecule has 2 rings (SSSR count). The van der Waals surface area contributed by atoms with Gasteiger partial charge in [-0.2, -0.15) is 0 Å². The van der Waals surface area contributed by atoms with E-state index < -0.39 is 17.9 Å². The lowest BCUT2D eigenvalue weighted by Crippen LogP contribution is -2.29. The minimum Gasteiger partial charge on any atom is -0.423 e. The molecular weight excluding hydrogens is 211 g/mol. The van der Waals surface area contributed by atoms with Crippen LogP contribution in [0.15, 0.2) is 29.2 Å². The van der Waals surface area contributed by atoms with Gasteiger partial charge in [0.05, 0.1) is 10.8 Å². The van der Waals surface area contributed by atoms with E-state index in [1.54, 1.807) is 24.3 Å². The van der Waals surface area contributed by atoms with Gasteiger partial charge in [-0.1, -0.05) is 12.1 Å². The van der Waals surface area contributed by atoms with Crippen LogP contribution in [0.1, 0.15) is 12.8 Å². The molecule has 0 aromatic heterocycles. The highest BCUT2D eigenvalue weighted by Crippen LogP contribution is 2.30. The van der Waals surface area contributed by atoms with E-state index in [1.165, 1.54) is 12.8 Å². The largest absolute Gasteiger partial charge is 0.488 e. The van der Waals surface area contributed by atoms with Gasteiger partial charge in [0.25, 0.3) is 0 Å². The maximum absolute atomic E-state index is 11.8. The molecule has 1 atom stereocenters. The molecule has 1 aromatic rings. The monoisotopic (exact) mass is 224 g/mol. The summed E-state index contributed by atoms with van der Waals surface area (Å²) in [5.74, 6) is 1.37. The molecule has 1 aliphatic carbocycles. The van der Waals surface area contributed by atoms with Gasteiger partial charge in [-0.3, -0.25) is 4.21 Å². The fraction of sp³-hybridized carbons (Fsp3) is 0.400. The first-order valence-electron chi connectivity index (χ1n) is 5.01. The van der Waals surface area contributed by atoms with E-state index in [0.29, 0.717) is 11.4 Å². The zero-order valence-corrected chi connectivity index (χ0v) is 9.11. The Kier molecular flexibility index (Phi) is 3.24. The van der Waals surface area contributed by atoms with E-state index >= 15 is 0 Å². The highest BCUT2D eigenvalue weighted by molar-refractivity contribution is 7.85. The van der Waals surface area contributed by atoms with Crippen molar-refractivity contribution in [3.8, 4) is 0 Å². The van der Waals surface area contributed by atoms with E-state index in [4.69, 9.17) is 10.0 Å². The Morgan fingerprint density at radius 2 is 1.87 bits per heavy atom. The molecule has 15 heavy (non-hydrogen) atoms. The van der Waals surface area contributed by atoms with E-state index in [2.05, 4.69) is 0 Å². The lowest BCUT2D eigenvalue weighted by Gasteiger charge is -2.03. The van der Waals surface area contributed by atoms with Crippen molar-refractivity contribution in [2.45, 2.75) is 17.7 Å². The molecule has 1 fully saturated rings. The van der Waals surface area contributed by atoms with Gasteiger partial charge < -0.3 is 10.0 Å². The molecule has 1 aromatic carbocycles. The van der Waals surface area contributed by atoms with Crippen molar-refractivity contribution in [3.05, 3.63) is 24.3 Å². The molecule has 1 aliphatic rings. The zero-order valence-electron chi connectivity index (χ0n) is 8.30. The molecule has 0 unspecified atom stereocenters. The lowest BCUT2D eigenvalue weighted by molar-refractivity contribution is 0.425. The third-order valence-corrected chi connectivity index (χ3v) is 4.10. The molecular formula is C10H13BO3S. The quantitative estimate of drug-likeness (QED) is 0.701. The highest BCUT2D eigenvalue weighted by Gasteiger charge is 2.24. The summed E-state index contributed by atoms with van der Waals surface area (Å²) in [5.41, 5.74) is 0.433. The standard InChI is InChI=1S/C10H13BO3S/c12-11(13)9-3-5-10(6-4-9)15(14)7-8-1-2-8/h3-6,8,12-13H,1-2,7H2/t15-/m1/s1. The van der Waals surface area contributed by atoms with Gasteiger partial charge in [0.15, 0.2) is 0 Å². The zero-order chi connectivity index (χ0) is 10.8. The van der Waals surface area contributed by atoms with E-state index in [9.17, 15) is 4.21 Å². The van der Waals surface area contributed by atoms with Crippen LogP contribution < -0.4 is 5.46 Å². The second kappa shape index (κ2) is 4.47. The molecule has 3 nitrogen and oxygen atoms in total. The van der Waals surface area contributed by atoms with Crippen LogP contribution in [-0.4, -0.2) is 27.1 Å². The van der Waals surface area contributed by atoms with Gasteiger partial charge in [0.1, 0.15) is 0 Å². The summed E-state index contributed by atoms with van der Waals surface area (Å²) in [5, 5.41) is 17.8. The van der Waals surface area contributed by atoms with Crippen LogP contribution in [0.2, 0.25) is 0 Å². The SMILES string of the molecule is O=[S@](CC1CC1)c1ccc(B(O)O)cc1. The van der Waals surface area contributed by atoms with E-state index in [1.807, 2.05) is 0 Å². The number of hydrogen-bond donors (Lipinski definition) is 2. The smallest absolute Gasteiger partial charge is 0.423 e. The Bertz CT molecular complexity index is 359. The van der Waals surface area contributed by atoms with Gasteiger partial charge in [-0.25, -0.2) is 0 Å². The molecule has 80 valence electrons. The number of rotatable bonds is 4. The molecule has 2 N–H and O–H groups in total. The summed E-state index contributed by atoms with van der Waals surface area (Å²) in [7, 11) is -2.38. The summed E-state index contributed by atoms with van der Waals surface area (Å²) in [6.07, 6.45) is 2.39. The first-order chi connectivity index (χ1) is 7.16. The van der Waals surface area contributed by atoms with Crippen molar-refractivity contribution >= 4 is 23.4 Å². The first-order valence-corrected chi connectivity index (χ1v) is 6.33. The van der Waals surface area contributed by atoms with Gasteiger partial charge in [0, 0.05) is 10.6 Å². The molecule has 0 heterocycles. The summed E-state index contributed by atoms with van der Waals surface area (Å²) < 4.78 is 11.8. The van der Waals surface area contributed by atoms with Crippen molar-refractivity contribution in [1.29, 1.82) is 0 Å². The molecule has 0 amide bonds. The Morgan fingerprint density at radius 1 is 1.27 bits per heavy atom. The van der Waals surface area contributed by atoms with Crippen LogP contribution >= 0.6 is 0 Å². The van der Waals surface area contributed by atoms with E-state index in [-0.39, 0.29) is 0 Å². The average Bonchev–Trinajstić information content (AvgIpc) is 3.02. The van der Waals surface area contributed by atoms with Crippen molar-refractivity contribution < 1.29 is 14.3 Å². The van der Waals surface area contributed by atoms with Crippen molar-refractivity contribution in [3.63, 3.8) is 0 Å².